The Kier molecular flexibility index (Phi) is 4.73. The summed E-state index contributed by atoms with van der Waals surface area (Å²) in [7, 11) is 0. The first-order chi connectivity index (χ1) is 11.9. The van der Waals surface area contributed by atoms with Crippen molar-refractivity contribution in [2.75, 3.05) is 6.54 Å². The van der Waals surface area contributed by atoms with Crippen LogP contribution in [0, 0.1) is 13.8 Å². The lowest BCUT2D eigenvalue weighted by Gasteiger charge is -2.14. The number of aliphatic carboxylic acids is 1. The second kappa shape index (κ2) is 6.81. The summed E-state index contributed by atoms with van der Waals surface area (Å²) in [5.41, 5.74) is 2.77. The van der Waals surface area contributed by atoms with Gasteiger partial charge in [-0.3, -0.25) is 9.69 Å². The highest BCUT2D eigenvalue weighted by Crippen LogP contribution is 2.33. The summed E-state index contributed by atoms with van der Waals surface area (Å²) in [6.07, 6.45) is 3.45. The van der Waals surface area contributed by atoms with Crippen LogP contribution in [0.3, 0.4) is 0 Å². The number of rotatable bonds is 4. The molecule has 2 aromatic rings. The van der Waals surface area contributed by atoms with Crippen molar-refractivity contribution in [1.82, 2.24) is 14.5 Å². The lowest BCUT2D eigenvalue weighted by Crippen LogP contribution is -2.40. The summed E-state index contributed by atoms with van der Waals surface area (Å²) in [4.78, 5) is 28.9. The smallest absolute Gasteiger partial charge is 0.266 e. The average Bonchev–Trinajstić information content (AvgIpc) is 2.99. The molecular formula is C17H14N3O3S2-. The van der Waals surface area contributed by atoms with Gasteiger partial charge in [0.15, 0.2) is 0 Å². The molecule has 0 unspecified atom stereocenters. The molecule has 128 valence electrons. The number of nitrogens with zero attached hydrogens (tertiary/aromatic N) is 3. The fourth-order valence-electron chi connectivity index (χ4n) is 2.68. The van der Waals surface area contributed by atoms with Gasteiger partial charge in [0.05, 0.1) is 17.4 Å². The number of carbonyl (C=O) groups excluding carboxylic acids is 2. The zero-order chi connectivity index (χ0) is 18.1. The number of thioether (sulfide) groups is 1. The van der Waals surface area contributed by atoms with Crippen molar-refractivity contribution in [3.8, 4) is 5.82 Å². The minimum atomic E-state index is -1.34. The maximum absolute atomic E-state index is 12.4. The topological polar surface area (TPSA) is 78.3 Å². The number of hydrogen-bond donors (Lipinski definition) is 0. The van der Waals surface area contributed by atoms with Crippen LogP contribution in [0.5, 0.6) is 0 Å². The SMILES string of the molecule is Cc1cc(/C=C2/SC(=S)N(CC(=O)[O-])C2=O)c(C)n1-c1ccccn1. The predicted octanol–water partition coefficient (Wildman–Crippen LogP) is 1.44. The summed E-state index contributed by atoms with van der Waals surface area (Å²) >= 11 is 6.18. The van der Waals surface area contributed by atoms with E-state index in [2.05, 4.69) is 4.98 Å². The Morgan fingerprint density at radius 2 is 2.16 bits per heavy atom. The Hall–Kier alpha value is -2.45. The number of carboxylic acids is 1. The number of amides is 1. The van der Waals surface area contributed by atoms with E-state index >= 15 is 0 Å². The first kappa shape index (κ1) is 17.4. The third-order valence-corrected chi connectivity index (χ3v) is 5.17. The zero-order valence-electron chi connectivity index (χ0n) is 13.6. The van der Waals surface area contributed by atoms with E-state index in [9.17, 15) is 14.7 Å². The molecule has 0 bridgehead atoms. The van der Waals surface area contributed by atoms with Gasteiger partial charge >= 0.3 is 0 Å². The quantitative estimate of drug-likeness (QED) is 0.597. The molecule has 1 saturated heterocycles. The second-order valence-electron chi connectivity index (χ2n) is 5.49. The Balaban J connectivity index is 1.97. The molecule has 0 spiro atoms. The van der Waals surface area contributed by atoms with Crippen LogP contribution in [0.1, 0.15) is 17.0 Å². The summed E-state index contributed by atoms with van der Waals surface area (Å²) < 4.78 is 2.22. The summed E-state index contributed by atoms with van der Waals surface area (Å²) in [5.74, 6) is -0.964. The molecule has 0 atom stereocenters. The van der Waals surface area contributed by atoms with Gasteiger partial charge in [-0.25, -0.2) is 4.98 Å². The van der Waals surface area contributed by atoms with E-state index in [1.54, 1.807) is 12.3 Å². The lowest BCUT2D eigenvalue weighted by atomic mass is 10.2. The molecule has 6 nitrogen and oxygen atoms in total. The first-order valence-corrected chi connectivity index (χ1v) is 8.66. The van der Waals surface area contributed by atoms with Gasteiger partial charge in [-0.15, -0.1) is 0 Å². The number of pyridine rings is 1. The fourth-order valence-corrected chi connectivity index (χ4v) is 3.92. The van der Waals surface area contributed by atoms with Crippen LogP contribution in [-0.2, 0) is 9.59 Å². The van der Waals surface area contributed by atoms with Crippen molar-refractivity contribution in [2.24, 2.45) is 0 Å². The molecule has 3 heterocycles. The number of aromatic nitrogens is 2. The van der Waals surface area contributed by atoms with Crippen LogP contribution in [0.25, 0.3) is 11.9 Å². The molecule has 0 aliphatic carbocycles. The maximum Gasteiger partial charge on any atom is 0.266 e. The zero-order valence-corrected chi connectivity index (χ0v) is 15.2. The van der Waals surface area contributed by atoms with Crippen LogP contribution in [-0.4, -0.2) is 37.2 Å². The van der Waals surface area contributed by atoms with Gasteiger partial charge in [-0.1, -0.05) is 30.0 Å². The standard InChI is InChI=1S/C17H15N3O3S2/c1-10-7-12(11(2)20(10)14-5-3-4-6-18-14)8-13-16(23)19(9-15(21)22)17(24)25-13/h3-8H,9H2,1-2H3,(H,21,22)/p-1/b13-8+. The van der Waals surface area contributed by atoms with Crippen molar-refractivity contribution in [1.29, 1.82) is 0 Å². The summed E-state index contributed by atoms with van der Waals surface area (Å²) in [5, 5.41) is 10.8. The molecule has 1 aliphatic rings. The number of thiocarbonyl (C=S) groups is 1. The largest absolute Gasteiger partial charge is 0.548 e. The van der Waals surface area contributed by atoms with Crippen LogP contribution < -0.4 is 5.11 Å². The molecule has 3 rings (SSSR count). The van der Waals surface area contributed by atoms with Gasteiger partial charge in [0.2, 0.25) is 0 Å². The van der Waals surface area contributed by atoms with Gasteiger partial charge < -0.3 is 14.5 Å². The Morgan fingerprint density at radius 3 is 2.80 bits per heavy atom. The van der Waals surface area contributed by atoms with E-state index in [-0.39, 0.29) is 4.32 Å². The monoisotopic (exact) mass is 372 g/mol. The normalized spacial score (nSPS) is 16.1. The number of hydrogen-bond acceptors (Lipinski definition) is 6. The van der Waals surface area contributed by atoms with E-state index < -0.39 is 18.4 Å². The molecule has 25 heavy (non-hydrogen) atoms. The summed E-state index contributed by atoms with van der Waals surface area (Å²) in [6.45, 7) is 3.37. The lowest BCUT2D eigenvalue weighted by molar-refractivity contribution is -0.305. The Labute approximate surface area is 154 Å². The molecule has 1 aliphatic heterocycles. The molecule has 1 amide bonds. The predicted molar refractivity (Wildman–Crippen MR) is 97.9 cm³/mol. The highest BCUT2D eigenvalue weighted by Gasteiger charge is 2.32. The third-order valence-electron chi connectivity index (χ3n) is 3.80. The molecular weight excluding hydrogens is 358 g/mol. The minimum Gasteiger partial charge on any atom is -0.548 e. The number of carbonyl (C=O) groups is 2. The number of carboxylic acid groups (broad SMARTS) is 1. The van der Waals surface area contributed by atoms with E-state index in [0.29, 0.717) is 4.91 Å². The molecule has 2 aromatic heterocycles. The Morgan fingerprint density at radius 1 is 1.40 bits per heavy atom. The van der Waals surface area contributed by atoms with Crippen LogP contribution in [0.4, 0.5) is 0 Å². The fraction of sp³-hybridized carbons (Fsp3) is 0.176. The highest BCUT2D eigenvalue weighted by molar-refractivity contribution is 8.26. The van der Waals surface area contributed by atoms with Gasteiger partial charge in [0.25, 0.3) is 5.91 Å². The van der Waals surface area contributed by atoms with Crippen LogP contribution >= 0.6 is 24.0 Å². The van der Waals surface area contributed by atoms with Gasteiger partial charge in [-0.2, -0.15) is 0 Å². The van der Waals surface area contributed by atoms with E-state index in [1.165, 1.54) is 0 Å². The van der Waals surface area contributed by atoms with Crippen molar-refractivity contribution >= 4 is 46.3 Å². The van der Waals surface area contributed by atoms with Gasteiger partial charge in [0, 0.05) is 17.6 Å². The van der Waals surface area contributed by atoms with Crippen LogP contribution in [0.2, 0.25) is 0 Å². The van der Waals surface area contributed by atoms with Gasteiger partial charge in [-0.05, 0) is 43.7 Å². The maximum atomic E-state index is 12.4. The van der Waals surface area contributed by atoms with E-state index in [4.69, 9.17) is 12.2 Å². The summed E-state index contributed by atoms with van der Waals surface area (Å²) in [6, 6.07) is 7.62. The van der Waals surface area contributed by atoms with E-state index in [1.807, 2.05) is 42.7 Å². The molecule has 0 saturated carbocycles. The van der Waals surface area contributed by atoms with Crippen molar-refractivity contribution in [3.05, 3.63) is 52.3 Å². The number of aryl methyl sites for hydroxylation is 1. The average molecular weight is 372 g/mol. The van der Waals surface area contributed by atoms with E-state index in [0.717, 1.165) is 39.4 Å². The minimum absolute atomic E-state index is 0.221. The molecule has 0 radical (unpaired) electrons. The van der Waals surface area contributed by atoms with Gasteiger partial charge in [0.1, 0.15) is 10.1 Å². The molecule has 8 heteroatoms. The molecule has 0 N–H and O–H groups in total. The van der Waals surface area contributed by atoms with Crippen molar-refractivity contribution in [3.63, 3.8) is 0 Å². The van der Waals surface area contributed by atoms with Crippen molar-refractivity contribution in [2.45, 2.75) is 13.8 Å². The second-order valence-corrected chi connectivity index (χ2v) is 7.17. The molecule has 1 fully saturated rings. The Bertz CT molecular complexity index is 903. The van der Waals surface area contributed by atoms with Crippen molar-refractivity contribution < 1.29 is 14.7 Å². The van der Waals surface area contributed by atoms with Crippen LogP contribution in [0.15, 0.2) is 35.4 Å². The third kappa shape index (κ3) is 3.35. The molecule has 0 aromatic carbocycles. The first-order valence-electron chi connectivity index (χ1n) is 7.44. The highest BCUT2D eigenvalue weighted by atomic mass is 32.2.